The SMILES string of the molecule is NCC1(C(=O)NCC2(C(=O)O)CCCC2)CCC1. The summed E-state index contributed by atoms with van der Waals surface area (Å²) in [4.78, 5) is 23.5. The summed E-state index contributed by atoms with van der Waals surface area (Å²) in [5.41, 5.74) is 4.51. The molecule has 1 amide bonds. The minimum absolute atomic E-state index is 0.0521. The Hall–Kier alpha value is -1.10. The number of hydrogen-bond acceptors (Lipinski definition) is 3. The standard InChI is InChI=1S/C13H22N2O3/c14-8-12(6-3-7-12)10(16)15-9-13(11(17)18)4-1-2-5-13/h1-9,14H2,(H,15,16)(H,17,18). The molecule has 2 fully saturated rings. The minimum atomic E-state index is -0.782. The first-order valence-electron chi connectivity index (χ1n) is 6.76. The zero-order chi connectivity index (χ0) is 13.2. The molecular formula is C13H22N2O3. The summed E-state index contributed by atoms with van der Waals surface area (Å²) in [5.74, 6) is -0.834. The molecule has 5 nitrogen and oxygen atoms in total. The molecule has 0 aromatic heterocycles. The Kier molecular flexibility index (Phi) is 3.61. The van der Waals surface area contributed by atoms with E-state index in [1.807, 2.05) is 0 Å². The molecule has 0 atom stereocenters. The average Bonchev–Trinajstić information content (AvgIpc) is 2.75. The molecule has 0 aromatic carbocycles. The van der Waals surface area contributed by atoms with Gasteiger partial charge < -0.3 is 16.2 Å². The molecule has 0 radical (unpaired) electrons. The van der Waals surface area contributed by atoms with Crippen molar-refractivity contribution in [3.8, 4) is 0 Å². The summed E-state index contributed by atoms with van der Waals surface area (Å²) < 4.78 is 0. The van der Waals surface area contributed by atoms with Crippen molar-refractivity contribution in [2.24, 2.45) is 16.6 Å². The number of hydrogen-bond donors (Lipinski definition) is 3. The molecule has 0 unspecified atom stereocenters. The number of amides is 1. The van der Waals surface area contributed by atoms with Crippen molar-refractivity contribution >= 4 is 11.9 Å². The van der Waals surface area contributed by atoms with Crippen LogP contribution in [0.2, 0.25) is 0 Å². The maximum Gasteiger partial charge on any atom is 0.311 e. The van der Waals surface area contributed by atoms with Gasteiger partial charge in [-0.05, 0) is 25.7 Å². The molecule has 0 bridgehead atoms. The zero-order valence-corrected chi connectivity index (χ0v) is 10.7. The largest absolute Gasteiger partial charge is 0.481 e. The summed E-state index contributed by atoms with van der Waals surface area (Å²) in [6.07, 6.45) is 5.89. The van der Waals surface area contributed by atoms with Gasteiger partial charge in [0.2, 0.25) is 5.91 Å². The number of aliphatic carboxylic acids is 1. The number of carboxylic acids is 1. The van der Waals surface area contributed by atoms with Crippen LogP contribution in [0.4, 0.5) is 0 Å². The molecule has 0 aromatic rings. The fourth-order valence-electron chi connectivity index (χ4n) is 3.08. The Morgan fingerprint density at radius 1 is 1.06 bits per heavy atom. The molecule has 0 saturated heterocycles. The first kappa shape index (κ1) is 13.3. The lowest BCUT2D eigenvalue weighted by Crippen LogP contribution is -2.53. The highest BCUT2D eigenvalue weighted by molar-refractivity contribution is 5.85. The highest BCUT2D eigenvalue weighted by atomic mass is 16.4. The van der Waals surface area contributed by atoms with Crippen molar-refractivity contribution in [1.29, 1.82) is 0 Å². The van der Waals surface area contributed by atoms with Gasteiger partial charge in [0.25, 0.3) is 0 Å². The molecule has 102 valence electrons. The van der Waals surface area contributed by atoms with Gasteiger partial charge in [-0.3, -0.25) is 9.59 Å². The molecule has 2 aliphatic carbocycles. The van der Waals surface area contributed by atoms with E-state index in [0.717, 1.165) is 32.1 Å². The molecular weight excluding hydrogens is 232 g/mol. The van der Waals surface area contributed by atoms with Crippen molar-refractivity contribution in [2.75, 3.05) is 13.1 Å². The summed E-state index contributed by atoms with van der Waals surface area (Å²) in [6.45, 7) is 0.613. The Morgan fingerprint density at radius 3 is 2.00 bits per heavy atom. The van der Waals surface area contributed by atoms with E-state index in [1.54, 1.807) is 0 Å². The number of carbonyl (C=O) groups excluding carboxylic acids is 1. The lowest BCUT2D eigenvalue weighted by Gasteiger charge is -2.39. The summed E-state index contributed by atoms with van der Waals surface area (Å²) in [6, 6.07) is 0. The van der Waals surface area contributed by atoms with E-state index in [1.165, 1.54) is 0 Å². The van der Waals surface area contributed by atoms with Crippen LogP contribution >= 0.6 is 0 Å². The lowest BCUT2D eigenvalue weighted by molar-refractivity contribution is -0.149. The lowest BCUT2D eigenvalue weighted by atomic mass is 9.68. The first-order valence-corrected chi connectivity index (χ1v) is 6.76. The second-order valence-electron chi connectivity index (χ2n) is 5.81. The second-order valence-corrected chi connectivity index (χ2v) is 5.81. The van der Waals surface area contributed by atoms with Crippen LogP contribution in [0.15, 0.2) is 0 Å². The Balaban J connectivity index is 1.94. The maximum absolute atomic E-state index is 12.1. The Bertz CT molecular complexity index is 339. The number of rotatable bonds is 5. The molecule has 0 spiro atoms. The monoisotopic (exact) mass is 254 g/mol. The van der Waals surface area contributed by atoms with Crippen LogP contribution in [0.3, 0.4) is 0 Å². The third-order valence-electron chi connectivity index (χ3n) is 4.78. The normalized spacial score (nSPS) is 24.3. The second kappa shape index (κ2) is 4.88. The first-order chi connectivity index (χ1) is 8.55. The Labute approximate surface area is 107 Å². The van der Waals surface area contributed by atoms with Gasteiger partial charge >= 0.3 is 5.97 Å². The zero-order valence-electron chi connectivity index (χ0n) is 10.7. The van der Waals surface area contributed by atoms with E-state index >= 15 is 0 Å². The Morgan fingerprint density at radius 2 is 1.61 bits per heavy atom. The predicted octanol–water partition coefficient (Wildman–Crippen LogP) is 0.877. The molecule has 2 aliphatic rings. The van der Waals surface area contributed by atoms with E-state index in [2.05, 4.69) is 5.32 Å². The highest BCUT2D eigenvalue weighted by Crippen LogP contribution is 2.41. The minimum Gasteiger partial charge on any atom is -0.481 e. The molecule has 0 aliphatic heterocycles. The topological polar surface area (TPSA) is 92.4 Å². The average molecular weight is 254 g/mol. The predicted molar refractivity (Wildman–Crippen MR) is 66.9 cm³/mol. The summed E-state index contributed by atoms with van der Waals surface area (Å²) >= 11 is 0. The van der Waals surface area contributed by atoms with Gasteiger partial charge in [-0.15, -0.1) is 0 Å². The number of carbonyl (C=O) groups is 2. The van der Waals surface area contributed by atoms with Crippen LogP contribution in [-0.2, 0) is 9.59 Å². The number of nitrogens with two attached hydrogens (primary N) is 1. The number of nitrogens with one attached hydrogen (secondary N) is 1. The van der Waals surface area contributed by atoms with Crippen LogP contribution in [0.1, 0.15) is 44.9 Å². The van der Waals surface area contributed by atoms with E-state index in [0.29, 0.717) is 19.4 Å². The third-order valence-corrected chi connectivity index (χ3v) is 4.78. The molecule has 18 heavy (non-hydrogen) atoms. The molecule has 2 rings (SSSR count). The van der Waals surface area contributed by atoms with Gasteiger partial charge in [0.15, 0.2) is 0 Å². The fourth-order valence-corrected chi connectivity index (χ4v) is 3.08. The third kappa shape index (κ3) is 2.11. The quantitative estimate of drug-likeness (QED) is 0.679. The van der Waals surface area contributed by atoms with Gasteiger partial charge in [-0.2, -0.15) is 0 Å². The molecule has 4 N–H and O–H groups in total. The van der Waals surface area contributed by atoms with Crippen LogP contribution in [0, 0.1) is 10.8 Å². The van der Waals surface area contributed by atoms with Gasteiger partial charge in [-0.1, -0.05) is 19.3 Å². The highest BCUT2D eigenvalue weighted by Gasteiger charge is 2.46. The van der Waals surface area contributed by atoms with Crippen molar-refractivity contribution in [2.45, 2.75) is 44.9 Å². The molecule has 5 heteroatoms. The van der Waals surface area contributed by atoms with Gasteiger partial charge in [0.1, 0.15) is 0 Å². The van der Waals surface area contributed by atoms with Crippen molar-refractivity contribution in [3.05, 3.63) is 0 Å². The van der Waals surface area contributed by atoms with E-state index in [9.17, 15) is 14.7 Å². The van der Waals surface area contributed by atoms with Crippen LogP contribution in [-0.4, -0.2) is 30.1 Å². The van der Waals surface area contributed by atoms with E-state index in [4.69, 9.17) is 5.73 Å². The van der Waals surface area contributed by atoms with Crippen molar-refractivity contribution in [3.63, 3.8) is 0 Å². The molecule has 2 saturated carbocycles. The summed E-state index contributed by atoms with van der Waals surface area (Å²) in [5, 5.41) is 12.2. The smallest absolute Gasteiger partial charge is 0.311 e. The van der Waals surface area contributed by atoms with Gasteiger partial charge in [0, 0.05) is 13.1 Å². The van der Waals surface area contributed by atoms with Crippen LogP contribution in [0.5, 0.6) is 0 Å². The van der Waals surface area contributed by atoms with Crippen molar-refractivity contribution in [1.82, 2.24) is 5.32 Å². The van der Waals surface area contributed by atoms with E-state index in [-0.39, 0.29) is 12.5 Å². The van der Waals surface area contributed by atoms with E-state index < -0.39 is 16.8 Å². The summed E-state index contributed by atoms with van der Waals surface area (Å²) in [7, 11) is 0. The van der Waals surface area contributed by atoms with Crippen molar-refractivity contribution < 1.29 is 14.7 Å². The van der Waals surface area contributed by atoms with Crippen LogP contribution in [0.25, 0.3) is 0 Å². The van der Waals surface area contributed by atoms with Gasteiger partial charge in [-0.25, -0.2) is 0 Å². The molecule has 0 heterocycles. The number of carboxylic acid groups (broad SMARTS) is 1. The maximum atomic E-state index is 12.1. The fraction of sp³-hybridized carbons (Fsp3) is 0.846. The van der Waals surface area contributed by atoms with Gasteiger partial charge in [0.05, 0.1) is 10.8 Å². The van der Waals surface area contributed by atoms with Crippen LogP contribution < -0.4 is 11.1 Å².